The molecule has 1 fully saturated rings. The summed E-state index contributed by atoms with van der Waals surface area (Å²) in [7, 11) is 0. The van der Waals surface area contributed by atoms with Crippen molar-refractivity contribution >= 4 is 0 Å². The fourth-order valence-corrected chi connectivity index (χ4v) is 2.07. The predicted octanol–water partition coefficient (Wildman–Crippen LogP) is 1.85. The number of aryl methyl sites for hydroxylation is 2. The quantitative estimate of drug-likeness (QED) is 0.821. The van der Waals surface area contributed by atoms with Crippen LogP contribution in [0.3, 0.4) is 0 Å². The minimum Gasteiger partial charge on any atom is -0.314 e. The van der Waals surface area contributed by atoms with Crippen molar-refractivity contribution in [3.63, 3.8) is 0 Å². The molecule has 0 radical (unpaired) electrons. The van der Waals surface area contributed by atoms with Crippen LogP contribution in [0.5, 0.6) is 0 Å². The molecule has 3 heteroatoms. The molecule has 1 N–H and O–H groups in total. The molecule has 2 nitrogen and oxygen atoms in total. The average molecular weight is 222 g/mol. The first-order valence-electron chi connectivity index (χ1n) is 5.85. The third kappa shape index (κ3) is 2.60. The van der Waals surface area contributed by atoms with Crippen molar-refractivity contribution in [2.24, 2.45) is 0 Å². The fraction of sp³-hybridized carbons (Fsp3) is 0.538. The van der Waals surface area contributed by atoms with E-state index >= 15 is 0 Å². The van der Waals surface area contributed by atoms with E-state index in [1.165, 1.54) is 5.56 Å². The Balaban J connectivity index is 2.11. The number of benzene rings is 1. The second-order valence-corrected chi connectivity index (χ2v) is 4.55. The van der Waals surface area contributed by atoms with Crippen LogP contribution >= 0.6 is 0 Å². The molecule has 1 saturated heterocycles. The lowest BCUT2D eigenvalue weighted by Gasteiger charge is -2.27. The highest BCUT2D eigenvalue weighted by Gasteiger charge is 2.13. The summed E-state index contributed by atoms with van der Waals surface area (Å²) in [6.45, 7) is 8.75. The Morgan fingerprint density at radius 2 is 1.81 bits per heavy atom. The van der Waals surface area contributed by atoms with E-state index in [1.54, 1.807) is 6.07 Å². The first-order chi connectivity index (χ1) is 7.66. The molecule has 1 aromatic rings. The molecule has 0 atom stereocenters. The summed E-state index contributed by atoms with van der Waals surface area (Å²) in [6.07, 6.45) is 0. The van der Waals surface area contributed by atoms with Crippen LogP contribution in [-0.4, -0.2) is 31.1 Å². The van der Waals surface area contributed by atoms with Crippen molar-refractivity contribution in [3.8, 4) is 0 Å². The molecule has 0 spiro atoms. The van der Waals surface area contributed by atoms with Crippen LogP contribution in [0.4, 0.5) is 4.39 Å². The van der Waals surface area contributed by atoms with Gasteiger partial charge in [0.2, 0.25) is 0 Å². The number of piperazine rings is 1. The van der Waals surface area contributed by atoms with Gasteiger partial charge in [-0.05, 0) is 31.0 Å². The summed E-state index contributed by atoms with van der Waals surface area (Å²) in [5.74, 6) is -0.0679. The summed E-state index contributed by atoms with van der Waals surface area (Å²) in [6, 6.07) is 3.62. The third-order valence-electron chi connectivity index (χ3n) is 3.27. The zero-order valence-electron chi connectivity index (χ0n) is 10.0. The van der Waals surface area contributed by atoms with Gasteiger partial charge in [0.1, 0.15) is 5.82 Å². The minimum absolute atomic E-state index is 0.0679. The lowest BCUT2D eigenvalue weighted by Crippen LogP contribution is -2.43. The number of nitrogens with zero attached hydrogens (tertiary/aromatic N) is 1. The number of hydrogen-bond donors (Lipinski definition) is 1. The van der Waals surface area contributed by atoms with Gasteiger partial charge in [0, 0.05) is 38.3 Å². The van der Waals surface area contributed by atoms with Crippen molar-refractivity contribution in [1.82, 2.24) is 10.2 Å². The first kappa shape index (κ1) is 11.6. The summed E-state index contributed by atoms with van der Waals surface area (Å²) in [4.78, 5) is 2.30. The number of hydrogen-bond acceptors (Lipinski definition) is 2. The van der Waals surface area contributed by atoms with Crippen molar-refractivity contribution < 1.29 is 4.39 Å². The number of rotatable bonds is 2. The van der Waals surface area contributed by atoms with Gasteiger partial charge >= 0.3 is 0 Å². The van der Waals surface area contributed by atoms with Crippen LogP contribution in [0.25, 0.3) is 0 Å². The molecule has 1 aromatic carbocycles. The highest BCUT2D eigenvalue weighted by molar-refractivity contribution is 5.31. The summed E-state index contributed by atoms with van der Waals surface area (Å²) >= 11 is 0. The van der Waals surface area contributed by atoms with Crippen LogP contribution < -0.4 is 5.32 Å². The molecule has 1 heterocycles. The Morgan fingerprint density at radius 3 is 2.50 bits per heavy atom. The van der Waals surface area contributed by atoms with Crippen LogP contribution in [0, 0.1) is 19.7 Å². The minimum atomic E-state index is -0.0679. The van der Waals surface area contributed by atoms with Gasteiger partial charge in [-0.25, -0.2) is 4.39 Å². The second kappa shape index (κ2) is 4.93. The molecule has 1 aliphatic heterocycles. The largest absolute Gasteiger partial charge is 0.314 e. The van der Waals surface area contributed by atoms with Gasteiger partial charge in [-0.1, -0.05) is 6.07 Å². The normalized spacial score (nSPS) is 17.7. The van der Waals surface area contributed by atoms with Crippen LogP contribution in [-0.2, 0) is 6.54 Å². The third-order valence-corrected chi connectivity index (χ3v) is 3.27. The lowest BCUT2D eigenvalue weighted by molar-refractivity contribution is 0.230. The van der Waals surface area contributed by atoms with Gasteiger partial charge < -0.3 is 5.32 Å². The first-order valence-corrected chi connectivity index (χ1v) is 5.85. The van der Waals surface area contributed by atoms with Crippen LogP contribution in [0.2, 0.25) is 0 Å². The topological polar surface area (TPSA) is 15.3 Å². The predicted molar refractivity (Wildman–Crippen MR) is 64.0 cm³/mol. The SMILES string of the molecule is Cc1cc(F)c(CN2CCNCC2)cc1C. The molecule has 0 aliphatic carbocycles. The number of halogens is 1. The van der Waals surface area contributed by atoms with Crippen LogP contribution in [0.15, 0.2) is 12.1 Å². The smallest absolute Gasteiger partial charge is 0.127 e. The van der Waals surface area contributed by atoms with Gasteiger partial charge in [0.15, 0.2) is 0 Å². The van der Waals surface area contributed by atoms with Gasteiger partial charge in [0.25, 0.3) is 0 Å². The molecule has 2 rings (SSSR count). The Labute approximate surface area is 96.5 Å². The zero-order valence-corrected chi connectivity index (χ0v) is 10.0. The molecule has 16 heavy (non-hydrogen) atoms. The average Bonchev–Trinajstić information content (AvgIpc) is 2.27. The summed E-state index contributed by atoms with van der Waals surface area (Å²) < 4.78 is 13.7. The summed E-state index contributed by atoms with van der Waals surface area (Å²) in [5, 5.41) is 3.30. The molecule has 0 aromatic heterocycles. The highest BCUT2D eigenvalue weighted by atomic mass is 19.1. The molecule has 0 amide bonds. The van der Waals surface area contributed by atoms with E-state index in [1.807, 2.05) is 19.9 Å². The van der Waals surface area contributed by atoms with E-state index < -0.39 is 0 Å². The standard InChI is InChI=1S/C13H19FN2/c1-10-7-12(13(14)8-11(10)2)9-16-5-3-15-4-6-16/h7-8,15H,3-6,9H2,1-2H3. The van der Waals surface area contributed by atoms with Gasteiger partial charge in [-0.2, -0.15) is 0 Å². The maximum atomic E-state index is 13.7. The molecule has 88 valence electrons. The fourth-order valence-electron chi connectivity index (χ4n) is 2.07. The Bertz CT molecular complexity index is 370. The van der Waals surface area contributed by atoms with E-state index in [9.17, 15) is 4.39 Å². The molecule has 1 aliphatic rings. The van der Waals surface area contributed by atoms with Gasteiger partial charge in [-0.3, -0.25) is 4.90 Å². The summed E-state index contributed by atoms with van der Waals surface area (Å²) in [5.41, 5.74) is 3.03. The molecule has 0 saturated carbocycles. The molecular weight excluding hydrogens is 203 g/mol. The molecule has 0 bridgehead atoms. The van der Waals surface area contributed by atoms with Crippen molar-refractivity contribution in [2.75, 3.05) is 26.2 Å². The molecular formula is C13H19FN2. The van der Waals surface area contributed by atoms with E-state index in [-0.39, 0.29) is 5.82 Å². The second-order valence-electron chi connectivity index (χ2n) is 4.55. The zero-order chi connectivity index (χ0) is 11.5. The maximum Gasteiger partial charge on any atom is 0.127 e. The van der Waals surface area contributed by atoms with Crippen molar-refractivity contribution in [3.05, 3.63) is 34.6 Å². The van der Waals surface area contributed by atoms with Crippen LogP contribution in [0.1, 0.15) is 16.7 Å². The van der Waals surface area contributed by atoms with Crippen molar-refractivity contribution in [1.29, 1.82) is 0 Å². The highest BCUT2D eigenvalue weighted by Crippen LogP contribution is 2.16. The van der Waals surface area contributed by atoms with Crippen molar-refractivity contribution in [2.45, 2.75) is 20.4 Å². The van der Waals surface area contributed by atoms with E-state index in [0.29, 0.717) is 0 Å². The molecule has 0 unspecified atom stereocenters. The lowest BCUT2D eigenvalue weighted by atomic mass is 10.1. The van der Waals surface area contributed by atoms with E-state index in [2.05, 4.69) is 10.2 Å². The van der Waals surface area contributed by atoms with Gasteiger partial charge in [-0.15, -0.1) is 0 Å². The van der Waals surface area contributed by atoms with E-state index in [0.717, 1.165) is 43.9 Å². The maximum absolute atomic E-state index is 13.7. The van der Waals surface area contributed by atoms with E-state index in [4.69, 9.17) is 0 Å². The van der Waals surface area contributed by atoms with Gasteiger partial charge in [0.05, 0.1) is 0 Å². The monoisotopic (exact) mass is 222 g/mol. The Morgan fingerprint density at radius 1 is 1.19 bits per heavy atom. The number of nitrogens with one attached hydrogen (secondary N) is 1. The Kier molecular flexibility index (Phi) is 3.56. The Hall–Kier alpha value is -0.930.